The smallest absolute Gasteiger partial charge is 0.250 e. The lowest BCUT2D eigenvalue weighted by Gasteiger charge is -2.03. The molecule has 0 fully saturated rings. The van der Waals surface area contributed by atoms with Crippen molar-refractivity contribution in [3.05, 3.63) is 48.3 Å². The van der Waals surface area contributed by atoms with Crippen molar-refractivity contribution in [2.45, 2.75) is 18.5 Å². The Labute approximate surface area is 139 Å². The molecule has 0 atom stereocenters. The molecule has 7 heteroatoms. The predicted molar refractivity (Wildman–Crippen MR) is 90.7 cm³/mol. The van der Waals surface area contributed by atoms with Crippen LogP contribution in [0.5, 0.6) is 5.75 Å². The van der Waals surface area contributed by atoms with Crippen molar-refractivity contribution in [2.24, 2.45) is 5.10 Å². The standard InChI is InChI=1S/C16H18N4O2S/c1-2-10-22-14-6-4-13(5-7-14)11-19-20-15(21)12-23-16-17-8-3-9-18-16/h3-9,11H,2,10,12H2,1H3,(H,20,21)/b19-11+. The quantitative estimate of drug-likeness (QED) is 0.348. The number of hydrogen-bond donors (Lipinski definition) is 1. The second-order valence-corrected chi connectivity index (χ2v) is 5.47. The van der Waals surface area contributed by atoms with Gasteiger partial charge in [-0.25, -0.2) is 15.4 Å². The molecule has 0 radical (unpaired) electrons. The Morgan fingerprint density at radius 3 is 2.74 bits per heavy atom. The largest absolute Gasteiger partial charge is 0.494 e. The first-order valence-corrected chi connectivity index (χ1v) is 8.21. The van der Waals surface area contributed by atoms with Gasteiger partial charge in [0.1, 0.15) is 5.75 Å². The molecule has 1 aromatic carbocycles. The molecule has 120 valence electrons. The van der Waals surface area contributed by atoms with Gasteiger partial charge >= 0.3 is 0 Å². The first-order valence-electron chi connectivity index (χ1n) is 7.22. The van der Waals surface area contributed by atoms with Crippen LogP contribution in [0.1, 0.15) is 18.9 Å². The highest BCUT2D eigenvalue weighted by atomic mass is 32.2. The summed E-state index contributed by atoms with van der Waals surface area (Å²) >= 11 is 1.26. The van der Waals surface area contributed by atoms with E-state index in [9.17, 15) is 4.79 Å². The molecule has 0 aliphatic carbocycles. The number of carbonyl (C=O) groups is 1. The summed E-state index contributed by atoms with van der Waals surface area (Å²) in [5, 5.41) is 4.49. The van der Waals surface area contributed by atoms with Crippen molar-refractivity contribution in [1.82, 2.24) is 15.4 Å². The van der Waals surface area contributed by atoms with Gasteiger partial charge in [-0.2, -0.15) is 5.10 Å². The predicted octanol–water partition coefficient (Wildman–Crippen LogP) is 2.51. The number of carbonyl (C=O) groups excluding carboxylic acids is 1. The molecule has 0 spiro atoms. The van der Waals surface area contributed by atoms with Gasteiger partial charge in [-0.3, -0.25) is 4.79 Å². The summed E-state index contributed by atoms with van der Waals surface area (Å²) in [4.78, 5) is 19.7. The third-order valence-electron chi connectivity index (χ3n) is 2.63. The van der Waals surface area contributed by atoms with E-state index in [1.54, 1.807) is 24.7 Å². The molecule has 0 aliphatic rings. The summed E-state index contributed by atoms with van der Waals surface area (Å²) in [5.74, 6) is 0.833. The van der Waals surface area contributed by atoms with Crippen LogP contribution in [0.15, 0.2) is 53.0 Å². The van der Waals surface area contributed by atoms with Gasteiger partial charge in [0.05, 0.1) is 18.6 Å². The van der Waals surface area contributed by atoms with Crippen LogP contribution in [0.4, 0.5) is 0 Å². The Balaban J connectivity index is 1.74. The van der Waals surface area contributed by atoms with Gasteiger partial charge in [0, 0.05) is 12.4 Å². The molecule has 2 rings (SSSR count). The van der Waals surface area contributed by atoms with Gasteiger partial charge in [0.2, 0.25) is 0 Å². The van der Waals surface area contributed by atoms with E-state index >= 15 is 0 Å². The lowest BCUT2D eigenvalue weighted by atomic mass is 10.2. The number of amides is 1. The highest BCUT2D eigenvalue weighted by Gasteiger charge is 2.02. The number of thioether (sulfide) groups is 1. The van der Waals surface area contributed by atoms with E-state index in [1.165, 1.54) is 11.8 Å². The number of nitrogens with zero attached hydrogens (tertiary/aromatic N) is 3. The maximum Gasteiger partial charge on any atom is 0.250 e. The summed E-state index contributed by atoms with van der Waals surface area (Å²) in [6.07, 6.45) is 5.84. The monoisotopic (exact) mass is 330 g/mol. The molecule has 0 bridgehead atoms. The number of aromatic nitrogens is 2. The number of ether oxygens (including phenoxy) is 1. The average Bonchev–Trinajstić information content (AvgIpc) is 2.60. The number of hydrazone groups is 1. The van der Waals surface area contributed by atoms with E-state index in [4.69, 9.17) is 4.74 Å². The molecule has 0 aliphatic heterocycles. The summed E-state index contributed by atoms with van der Waals surface area (Å²) in [6.45, 7) is 2.76. The number of nitrogens with one attached hydrogen (secondary N) is 1. The van der Waals surface area contributed by atoms with Gasteiger partial charge in [-0.15, -0.1) is 0 Å². The van der Waals surface area contributed by atoms with E-state index in [-0.39, 0.29) is 11.7 Å². The zero-order valence-electron chi connectivity index (χ0n) is 12.8. The van der Waals surface area contributed by atoms with E-state index in [0.29, 0.717) is 11.8 Å². The van der Waals surface area contributed by atoms with Crippen molar-refractivity contribution in [3.8, 4) is 5.75 Å². The molecule has 1 aromatic heterocycles. The normalized spacial score (nSPS) is 10.7. The maximum atomic E-state index is 11.7. The van der Waals surface area contributed by atoms with Gasteiger partial charge < -0.3 is 4.74 Å². The molecule has 0 saturated carbocycles. The van der Waals surface area contributed by atoms with Crippen molar-refractivity contribution >= 4 is 23.9 Å². The minimum atomic E-state index is -0.207. The van der Waals surface area contributed by atoms with Crippen LogP contribution in [0.25, 0.3) is 0 Å². The Hall–Kier alpha value is -2.41. The minimum absolute atomic E-state index is 0.207. The van der Waals surface area contributed by atoms with E-state index in [0.717, 1.165) is 17.7 Å². The Bertz CT molecular complexity index is 632. The summed E-state index contributed by atoms with van der Waals surface area (Å²) in [6, 6.07) is 9.25. The van der Waals surface area contributed by atoms with Crippen molar-refractivity contribution in [3.63, 3.8) is 0 Å². The summed E-state index contributed by atoms with van der Waals surface area (Å²) < 4.78 is 5.50. The van der Waals surface area contributed by atoms with Gasteiger partial charge in [-0.1, -0.05) is 18.7 Å². The SMILES string of the molecule is CCCOc1ccc(/C=N/NC(=O)CSc2ncccn2)cc1. The van der Waals surface area contributed by atoms with Crippen molar-refractivity contribution < 1.29 is 9.53 Å². The summed E-state index contributed by atoms with van der Waals surface area (Å²) in [5.41, 5.74) is 3.36. The van der Waals surface area contributed by atoms with Crippen LogP contribution < -0.4 is 10.2 Å². The molecule has 0 saturated heterocycles. The first kappa shape index (κ1) is 17.0. The Morgan fingerprint density at radius 1 is 1.30 bits per heavy atom. The first-order chi connectivity index (χ1) is 11.3. The fraction of sp³-hybridized carbons (Fsp3) is 0.250. The van der Waals surface area contributed by atoms with E-state index in [2.05, 4.69) is 27.4 Å². The third kappa shape index (κ3) is 6.48. The van der Waals surface area contributed by atoms with Gasteiger partial charge in [0.25, 0.3) is 5.91 Å². The van der Waals surface area contributed by atoms with Crippen LogP contribution in [-0.2, 0) is 4.79 Å². The topological polar surface area (TPSA) is 76.5 Å². The molecule has 2 aromatic rings. The Kier molecular flexibility index (Phi) is 7.06. The van der Waals surface area contributed by atoms with Crippen LogP contribution >= 0.6 is 11.8 Å². The molecule has 1 heterocycles. The molecule has 23 heavy (non-hydrogen) atoms. The molecular formula is C16H18N4O2S. The third-order valence-corrected chi connectivity index (χ3v) is 3.51. The maximum absolute atomic E-state index is 11.7. The lowest BCUT2D eigenvalue weighted by molar-refractivity contribution is -0.118. The van der Waals surface area contributed by atoms with Crippen LogP contribution in [0.2, 0.25) is 0 Å². The highest BCUT2D eigenvalue weighted by molar-refractivity contribution is 7.99. The zero-order valence-corrected chi connectivity index (χ0v) is 13.6. The van der Waals surface area contributed by atoms with Gasteiger partial charge in [0.15, 0.2) is 5.16 Å². The fourth-order valence-electron chi connectivity index (χ4n) is 1.57. The molecule has 0 unspecified atom stereocenters. The number of hydrogen-bond acceptors (Lipinski definition) is 6. The molecule has 1 N–H and O–H groups in total. The van der Waals surface area contributed by atoms with Crippen LogP contribution in [-0.4, -0.2) is 34.4 Å². The number of benzene rings is 1. The molecule has 1 amide bonds. The van der Waals surface area contributed by atoms with E-state index in [1.807, 2.05) is 24.3 Å². The second-order valence-electron chi connectivity index (χ2n) is 4.53. The van der Waals surface area contributed by atoms with Crippen LogP contribution in [0, 0.1) is 0 Å². The Morgan fingerprint density at radius 2 is 2.04 bits per heavy atom. The van der Waals surface area contributed by atoms with Crippen molar-refractivity contribution in [1.29, 1.82) is 0 Å². The zero-order chi connectivity index (χ0) is 16.3. The second kappa shape index (κ2) is 9.58. The minimum Gasteiger partial charge on any atom is -0.494 e. The average molecular weight is 330 g/mol. The van der Waals surface area contributed by atoms with Gasteiger partial charge in [-0.05, 0) is 42.3 Å². The highest BCUT2D eigenvalue weighted by Crippen LogP contribution is 2.11. The molecule has 6 nitrogen and oxygen atoms in total. The van der Waals surface area contributed by atoms with E-state index < -0.39 is 0 Å². The molecular weight excluding hydrogens is 312 g/mol. The number of rotatable bonds is 8. The lowest BCUT2D eigenvalue weighted by Crippen LogP contribution is -2.19. The summed E-state index contributed by atoms with van der Waals surface area (Å²) in [7, 11) is 0. The van der Waals surface area contributed by atoms with Crippen LogP contribution in [0.3, 0.4) is 0 Å². The fourth-order valence-corrected chi connectivity index (χ4v) is 2.17. The van der Waals surface area contributed by atoms with Crippen molar-refractivity contribution in [2.75, 3.05) is 12.4 Å².